The molecule has 3 heteroatoms. The van der Waals surface area contributed by atoms with Crippen molar-refractivity contribution in [1.29, 1.82) is 0 Å². The van der Waals surface area contributed by atoms with Crippen molar-refractivity contribution in [3.63, 3.8) is 0 Å². The van der Waals surface area contributed by atoms with Gasteiger partial charge in [0, 0.05) is 12.6 Å². The van der Waals surface area contributed by atoms with Crippen LogP contribution in [0, 0.1) is 5.41 Å². The van der Waals surface area contributed by atoms with Gasteiger partial charge in [0.1, 0.15) is 0 Å². The van der Waals surface area contributed by atoms with Gasteiger partial charge in [-0.3, -0.25) is 4.90 Å². The number of nitrogens with two attached hydrogens (primary N) is 1. The van der Waals surface area contributed by atoms with Crippen molar-refractivity contribution >= 4 is 0 Å². The summed E-state index contributed by atoms with van der Waals surface area (Å²) in [6.45, 7) is 14.2. The summed E-state index contributed by atoms with van der Waals surface area (Å²) in [6.07, 6.45) is 4.30. The van der Waals surface area contributed by atoms with E-state index in [9.17, 15) is 0 Å². The second-order valence-corrected chi connectivity index (χ2v) is 6.72. The highest BCUT2D eigenvalue weighted by Gasteiger charge is 2.31. The van der Waals surface area contributed by atoms with Gasteiger partial charge in [-0.25, -0.2) is 0 Å². The number of hydrogen-bond donors (Lipinski definition) is 1. The molecule has 0 aromatic heterocycles. The van der Waals surface area contributed by atoms with Gasteiger partial charge in [0.05, 0.1) is 12.2 Å². The maximum absolute atomic E-state index is 5.88. The van der Waals surface area contributed by atoms with E-state index in [-0.39, 0.29) is 5.41 Å². The lowest BCUT2D eigenvalue weighted by atomic mass is 9.90. The monoisotopic (exact) mass is 256 g/mol. The molecule has 1 aliphatic rings. The molecule has 0 amide bonds. The van der Waals surface area contributed by atoms with Crippen molar-refractivity contribution in [3.8, 4) is 0 Å². The van der Waals surface area contributed by atoms with E-state index in [0.29, 0.717) is 18.2 Å². The Morgan fingerprint density at radius 3 is 2.22 bits per heavy atom. The van der Waals surface area contributed by atoms with Gasteiger partial charge >= 0.3 is 0 Å². The van der Waals surface area contributed by atoms with E-state index in [1.807, 2.05) is 0 Å². The summed E-state index contributed by atoms with van der Waals surface area (Å²) in [5.41, 5.74) is 6.09. The van der Waals surface area contributed by atoms with Crippen LogP contribution in [0.4, 0.5) is 0 Å². The fraction of sp³-hybridized carbons (Fsp3) is 1.00. The molecule has 2 atom stereocenters. The molecule has 2 unspecified atom stereocenters. The lowest BCUT2D eigenvalue weighted by molar-refractivity contribution is -0.0695. The van der Waals surface area contributed by atoms with Gasteiger partial charge in [-0.2, -0.15) is 0 Å². The quantitative estimate of drug-likeness (QED) is 0.794. The summed E-state index contributed by atoms with van der Waals surface area (Å²) in [5.74, 6) is 0. The van der Waals surface area contributed by atoms with Crippen LogP contribution in [0.3, 0.4) is 0 Å². The van der Waals surface area contributed by atoms with Crippen LogP contribution in [0.1, 0.15) is 53.9 Å². The maximum atomic E-state index is 5.88. The number of rotatable bonds is 6. The molecule has 18 heavy (non-hydrogen) atoms. The van der Waals surface area contributed by atoms with E-state index in [1.54, 1.807) is 0 Å². The number of hydrogen-bond acceptors (Lipinski definition) is 3. The van der Waals surface area contributed by atoms with Gasteiger partial charge in [-0.15, -0.1) is 0 Å². The third-order valence-corrected chi connectivity index (χ3v) is 3.88. The first-order valence-electron chi connectivity index (χ1n) is 7.47. The molecule has 0 aliphatic carbocycles. The first-order chi connectivity index (χ1) is 8.38. The third kappa shape index (κ3) is 4.87. The molecule has 1 aliphatic heterocycles. The van der Waals surface area contributed by atoms with Crippen molar-refractivity contribution in [3.05, 3.63) is 0 Å². The maximum Gasteiger partial charge on any atom is 0.0565 e. The van der Waals surface area contributed by atoms with E-state index in [1.165, 1.54) is 13.0 Å². The zero-order chi connectivity index (χ0) is 13.8. The normalized spacial score (nSPS) is 29.8. The van der Waals surface area contributed by atoms with Crippen LogP contribution < -0.4 is 5.73 Å². The standard InChI is InChI=1S/C15H32N2O/c1-6-7-17(11-15(4,5)10-16)14-8-12(2)18-13(3)9-14/h12-14H,6-11,16H2,1-5H3. The summed E-state index contributed by atoms with van der Waals surface area (Å²) < 4.78 is 5.85. The predicted molar refractivity (Wildman–Crippen MR) is 77.7 cm³/mol. The van der Waals surface area contributed by atoms with Crippen LogP contribution in [0.15, 0.2) is 0 Å². The van der Waals surface area contributed by atoms with E-state index in [2.05, 4.69) is 39.5 Å². The molecule has 0 bridgehead atoms. The lowest BCUT2D eigenvalue weighted by Gasteiger charge is -2.42. The highest BCUT2D eigenvalue weighted by atomic mass is 16.5. The molecule has 1 fully saturated rings. The molecule has 2 N–H and O–H groups in total. The van der Waals surface area contributed by atoms with Gasteiger partial charge in [-0.1, -0.05) is 20.8 Å². The van der Waals surface area contributed by atoms with E-state index in [0.717, 1.165) is 25.9 Å². The molecule has 0 aromatic rings. The Kier molecular flexibility index (Phi) is 6.09. The molecule has 0 radical (unpaired) electrons. The van der Waals surface area contributed by atoms with Crippen LogP contribution in [0.2, 0.25) is 0 Å². The van der Waals surface area contributed by atoms with Crippen LogP contribution in [0.5, 0.6) is 0 Å². The highest BCUT2D eigenvalue weighted by Crippen LogP contribution is 2.26. The average molecular weight is 256 g/mol. The van der Waals surface area contributed by atoms with Gasteiger partial charge in [0.2, 0.25) is 0 Å². The summed E-state index contributed by atoms with van der Waals surface area (Å²) in [4.78, 5) is 2.64. The van der Waals surface area contributed by atoms with E-state index in [4.69, 9.17) is 10.5 Å². The van der Waals surface area contributed by atoms with Crippen LogP contribution in [0.25, 0.3) is 0 Å². The molecular formula is C15H32N2O. The Morgan fingerprint density at radius 2 is 1.78 bits per heavy atom. The van der Waals surface area contributed by atoms with Gasteiger partial charge < -0.3 is 10.5 Å². The van der Waals surface area contributed by atoms with Crippen molar-refractivity contribution in [1.82, 2.24) is 4.90 Å². The van der Waals surface area contributed by atoms with Crippen LogP contribution in [-0.4, -0.2) is 42.8 Å². The topological polar surface area (TPSA) is 38.5 Å². The molecule has 108 valence electrons. The minimum Gasteiger partial charge on any atom is -0.375 e. The Balaban J connectivity index is 2.65. The zero-order valence-corrected chi connectivity index (χ0v) is 12.9. The SMILES string of the molecule is CCCN(CC(C)(C)CN)C1CC(C)OC(C)C1. The Hall–Kier alpha value is -0.120. The predicted octanol–water partition coefficient (Wildman–Crippen LogP) is 2.64. The first-order valence-corrected chi connectivity index (χ1v) is 7.47. The van der Waals surface area contributed by atoms with Gasteiger partial charge in [-0.05, 0) is 51.6 Å². The van der Waals surface area contributed by atoms with Crippen molar-refractivity contribution < 1.29 is 4.74 Å². The van der Waals surface area contributed by atoms with Gasteiger partial charge in [0.25, 0.3) is 0 Å². The van der Waals surface area contributed by atoms with E-state index >= 15 is 0 Å². The molecular weight excluding hydrogens is 224 g/mol. The molecule has 0 spiro atoms. The summed E-state index contributed by atoms with van der Waals surface area (Å²) in [5, 5.41) is 0. The van der Waals surface area contributed by atoms with Crippen LogP contribution in [-0.2, 0) is 4.74 Å². The summed E-state index contributed by atoms with van der Waals surface area (Å²) in [7, 11) is 0. The number of ether oxygens (including phenoxy) is 1. The van der Waals surface area contributed by atoms with Gasteiger partial charge in [0.15, 0.2) is 0 Å². The highest BCUT2D eigenvalue weighted by molar-refractivity contribution is 4.84. The van der Waals surface area contributed by atoms with E-state index < -0.39 is 0 Å². The summed E-state index contributed by atoms with van der Waals surface area (Å²) in [6, 6.07) is 0.662. The van der Waals surface area contributed by atoms with Crippen molar-refractivity contribution in [2.75, 3.05) is 19.6 Å². The number of nitrogens with zero attached hydrogens (tertiary/aromatic N) is 1. The second-order valence-electron chi connectivity index (χ2n) is 6.72. The molecule has 3 nitrogen and oxygen atoms in total. The fourth-order valence-electron chi connectivity index (χ4n) is 2.96. The molecule has 0 saturated carbocycles. The fourth-order valence-corrected chi connectivity index (χ4v) is 2.96. The molecule has 1 heterocycles. The van der Waals surface area contributed by atoms with Crippen molar-refractivity contribution in [2.45, 2.75) is 72.1 Å². The van der Waals surface area contributed by atoms with Crippen LogP contribution >= 0.6 is 0 Å². The average Bonchev–Trinajstić information content (AvgIpc) is 2.27. The Morgan fingerprint density at radius 1 is 1.22 bits per heavy atom. The lowest BCUT2D eigenvalue weighted by Crippen LogP contribution is -2.49. The zero-order valence-electron chi connectivity index (χ0n) is 12.9. The summed E-state index contributed by atoms with van der Waals surface area (Å²) >= 11 is 0. The molecule has 0 aromatic carbocycles. The molecule has 1 rings (SSSR count). The second kappa shape index (κ2) is 6.88. The Bertz CT molecular complexity index is 233. The van der Waals surface area contributed by atoms with Crippen molar-refractivity contribution in [2.24, 2.45) is 11.1 Å². The minimum absolute atomic E-state index is 0.208. The smallest absolute Gasteiger partial charge is 0.0565 e. The Labute approximate surface area is 113 Å². The minimum atomic E-state index is 0.208. The molecule has 1 saturated heterocycles. The first kappa shape index (κ1) is 15.9. The largest absolute Gasteiger partial charge is 0.375 e. The third-order valence-electron chi connectivity index (χ3n) is 3.88.